The van der Waals surface area contributed by atoms with Crippen molar-refractivity contribution in [2.24, 2.45) is 4.40 Å². The van der Waals surface area contributed by atoms with Crippen LogP contribution in [-0.4, -0.2) is 57.8 Å². The minimum atomic E-state index is -3.60. The Hall–Kier alpha value is -1.64. The Morgan fingerprint density at radius 2 is 2.15 bits per heavy atom. The zero-order valence-corrected chi connectivity index (χ0v) is 16.4. The maximum atomic E-state index is 12.1. The van der Waals surface area contributed by atoms with E-state index in [0.717, 1.165) is 25.9 Å². The van der Waals surface area contributed by atoms with Crippen molar-refractivity contribution in [3.63, 3.8) is 0 Å². The van der Waals surface area contributed by atoms with Crippen molar-refractivity contribution in [2.75, 3.05) is 26.7 Å². The molecule has 0 aromatic heterocycles. The highest BCUT2D eigenvalue weighted by atomic mass is 35.5. The van der Waals surface area contributed by atoms with E-state index in [-0.39, 0.29) is 29.3 Å². The molecule has 1 atom stereocenters. The maximum absolute atomic E-state index is 12.1. The van der Waals surface area contributed by atoms with Gasteiger partial charge in [-0.2, -0.15) is 8.42 Å². The van der Waals surface area contributed by atoms with Gasteiger partial charge in [0.2, 0.25) is 5.91 Å². The molecule has 7 nitrogen and oxygen atoms in total. The van der Waals surface area contributed by atoms with Crippen LogP contribution < -0.4 is 10.6 Å². The van der Waals surface area contributed by atoms with Crippen molar-refractivity contribution in [1.29, 1.82) is 0 Å². The molecule has 1 aromatic rings. The molecule has 1 aromatic carbocycles. The first-order valence-electron chi connectivity index (χ1n) is 8.63. The Morgan fingerprint density at radius 1 is 1.38 bits per heavy atom. The summed E-state index contributed by atoms with van der Waals surface area (Å²) < 4.78 is 28.1. The molecule has 3 rings (SSSR count). The van der Waals surface area contributed by atoms with Crippen LogP contribution in [0.2, 0.25) is 0 Å². The zero-order chi connectivity index (χ0) is 17.9. The molecular formula is C17H25ClN4O3S. The molecule has 1 fully saturated rings. The molecule has 0 bridgehead atoms. The number of benzene rings is 1. The number of amidine groups is 1. The van der Waals surface area contributed by atoms with Gasteiger partial charge in [0.25, 0.3) is 10.0 Å². The van der Waals surface area contributed by atoms with Gasteiger partial charge >= 0.3 is 0 Å². The van der Waals surface area contributed by atoms with E-state index in [9.17, 15) is 13.2 Å². The van der Waals surface area contributed by atoms with Crippen LogP contribution in [0.5, 0.6) is 0 Å². The molecule has 9 heteroatoms. The van der Waals surface area contributed by atoms with Crippen LogP contribution in [0, 0.1) is 0 Å². The number of nitrogens with zero attached hydrogens (tertiary/aromatic N) is 2. The number of nitrogens with one attached hydrogen (secondary N) is 2. The summed E-state index contributed by atoms with van der Waals surface area (Å²) in [5, 5.41) is 6.32. The van der Waals surface area contributed by atoms with Gasteiger partial charge in [-0.3, -0.25) is 4.79 Å². The Bertz CT molecular complexity index is 776. The standard InChI is InChI=1S/C17H24N4O3S.ClH/c1-21(11-5-9-16(22)19-13-6-4-10-18-12-13)17-14-7-2-3-8-15(14)25(23,24)20-17;/h2-3,7-8,13,18H,4-6,9-12H2,1H3,(H,19,22);1H. The molecule has 1 amide bonds. The van der Waals surface area contributed by atoms with E-state index in [1.807, 2.05) is 0 Å². The highest BCUT2D eigenvalue weighted by molar-refractivity contribution is 7.90. The van der Waals surface area contributed by atoms with Crippen molar-refractivity contribution in [1.82, 2.24) is 15.5 Å². The highest BCUT2D eigenvalue weighted by Gasteiger charge is 2.30. The number of amides is 1. The van der Waals surface area contributed by atoms with Gasteiger partial charge in [0.15, 0.2) is 0 Å². The number of hydrogen-bond acceptors (Lipinski definition) is 5. The number of carbonyl (C=O) groups excluding carboxylic acids is 1. The van der Waals surface area contributed by atoms with Gasteiger partial charge in [-0.25, -0.2) is 0 Å². The van der Waals surface area contributed by atoms with Crippen LogP contribution in [0.25, 0.3) is 0 Å². The fraction of sp³-hybridized carbons (Fsp3) is 0.529. The second kappa shape index (κ2) is 8.83. The van der Waals surface area contributed by atoms with Crippen LogP contribution in [-0.2, 0) is 14.8 Å². The fourth-order valence-electron chi connectivity index (χ4n) is 3.22. The molecule has 1 unspecified atom stereocenters. The number of sulfonamides is 1. The van der Waals surface area contributed by atoms with Crippen LogP contribution in [0.3, 0.4) is 0 Å². The number of hydrogen-bond donors (Lipinski definition) is 2. The normalized spacial score (nSPS) is 20.5. The van der Waals surface area contributed by atoms with E-state index in [0.29, 0.717) is 30.8 Å². The van der Waals surface area contributed by atoms with E-state index in [4.69, 9.17) is 0 Å². The van der Waals surface area contributed by atoms with Crippen LogP contribution in [0.4, 0.5) is 0 Å². The molecule has 0 saturated carbocycles. The van der Waals surface area contributed by atoms with Crippen molar-refractivity contribution in [3.05, 3.63) is 29.8 Å². The first-order valence-corrected chi connectivity index (χ1v) is 10.1. The van der Waals surface area contributed by atoms with E-state index < -0.39 is 10.0 Å². The van der Waals surface area contributed by atoms with Crippen LogP contribution in [0.1, 0.15) is 31.2 Å². The van der Waals surface area contributed by atoms with Crippen LogP contribution in [0.15, 0.2) is 33.6 Å². The van der Waals surface area contributed by atoms with Gasteiger partial charge in [0, 0.05) is 38.2 Å². The van der Waals surface area contributed by atoms with Crippen molar-refractivity contribution < 1.29 is 13.2 Å². The third-order valence-corrected chi connectivity index (χ3v) is 5.86. The maximum Gasteiger partial charge on any atom is 0.285 e. The second-order valence-electron chi connectivity index (χ2n) is 6.52. The molecule has 2 aliphatic rings. The quantitative estimate of drug-likeness (QED) is 0.773. The summed E-state index contributed by atoms with van der Waals surface area (Å²) in [6.45, 7) is 2.42. The number of rotatable bonds is 5. The number of carbonyl (C=O) groups is 1. The van der Waals surface area contributed by atoms with Gasteiger partial charge < -0.3 is 15.5 Å². The SMILES string of the molecule is CN(CCCC(=O)NC1CCCNC1)C1=NS(=O)(=O)c2ccccc21.Cl. The van der Waals surface area contributed by atoms with Crippen molar-refractivity contribution in [3.8, 4) is 0 Å². The topological polar surface area (TPSA) is 90.9 Å². The summed E-state index contributed by atoms with van der Waals surface area (Å²) in [5.74, 6) is 0.496. The largest absolute Gasteiger partial charge is 0.358 e. The molecule has 2 heterocycles. The summed E-state index contributed by atoms with van der Waals surface area (Å²) in [7, 11) is -1.80. The summed E-state index contributed by atoms with van der Waals surface area (Å²) in [4.78, 5) is 14.1. The fourth-order valence-corrected chi connectivity index (χ4v) is 4.47. The lowest BCUT2D eigenvalue weighted by Crippen LogP contribution is -2.45. The molecule has 0 aliphatic carbocycles. The molecule has 2 aliphatic heterocycles. The molecule has 144 valence electrons. The minimum absolute atomic E-state index is 0. The second-order valence-corrected chi connectivity index (χ2v) is 8.09. The van der Waals surface area contributed by atoms with E-state index in [1.54, 1.807) is 36.2 Å². The predicted molar refractivity (Wildman–Crippen MR) is 103 cm³/mol. The first-order chi connectivity index (χ1) is 12.0. The van der Waals surface area contributed by atoms with E-state index >= 15 is 0 Å². The average Bonchev–Trinajstić information content (AvgIpc) is 2.88. The summed E-state index contributed by atoms with van der Waals surface area (Å²) in [5.41, 5.74) is 0.628. The Labute approximate surface area is 160 Å². The predicted octanol–water partition coefficient (Wildman–Crippen LogP) is 1.14. The van der Waals surface area contributed by atoms with Crippen molar-refractivity contribution in [2.45, 2.75) is 36.6 Å². The van der Waals surface area contributed by atoms with Gasteiger partial charge in [-0.15, -0.1) is 16.8 Å². The van der Waals surface area contributed by atoms with Crippen molar-refractivity contribution >= 4 is 34.2 Å². The Morgan fingerprint density at radius 3 is 2.88 bits per heavy atom. The third-order valence-electron chi connectivity index (χ3n) is 4.53. The molecule has 1 saturated heterocycles. The first kappa shape index (κ1) is 20.7. The minimum Gasteiger partial charge on any atom is -0.358 e. The Kier molecular flexibility index (Phi) is 7.02. The van der Waals surface area contributed by atoms with Gasteiger partial charge in [0.1, 0.15) is 10.7 Å². The van der Waals surface area contributed by atoms with Gasteiger partial charge in [0.05, 0.1) is 0 Å². The van der Waals surface area contributed by atoms with Gasteiger partial charge in [-0.1, -0.05) is 12.1 Å². The lowest BCUT2D eigenvalue weighted by molar-refractivity contribution is -0.122. The summed E-state index contributed by atoms with van der Waals surface area (Å²) in [6.07, 6.45) is 3.16. The molecule has 0 radical (unpaired) electrons. The molecule has 2 N–H and O–H groups in total. The van der Waals surface area contributed by atoms with Crippen LogP contribution >= 0.6 is 12.4 Å². The lowest BCUT2D eigenvalue weighted by atomic mass is 10.1. The smallest absolute Gasteiger partial charge is 0.285 e. The number of halogens is 1. The number of fused-ring (bicyclic) bond motifs is 1. The Balaban J connectivity index is 0.00000243. The zero-order valence-electron chi connectivity index (χ0n) is 14.8. The summed E-state index contributed by atoms with van der Waals surface area (Å²) in [6, 6.07) is 7.04. The lowest BCUT2D eigenvalue weighted by Gasteiger charge is -2.24. The monoisotopic (exact) mass is 400 g/mol. The molecule has 0 spiro atoms. The highest BCUT2D eigenvalue weighted by Crippen LogP contribution is 2.26. The third kappa shape index (κ3) is 4.75. The molecule has 26 heavy (non-hydrogen) atoms. The average molecular weight is 401 g/mol. The van der Waals surface area contributed by atoms with E-state index in [2.05, 4.69) is 15.0 Å². The summed E-state index contributed by atoms with van der Waals surface area (Å²) >= 11 is 0. The van der Waals surface area contributed by atoms with E-state index in [1.165, 1.54) is 0 Å². The molecular weight excluding hydrogens is 376 g/mol. The number of piperidine rings is 1. The van der Waals surface area contributed by atoms with Gasteiger partial charge in [-0.05, 0) is 37.9 Å².